The van der Waals surface area contributed by atoms with E-state index >= 15 is 0 Å². The second-order valence-corrected chi connectivity index (χ2v) is 4.86. The molecule has 1 heterocycles. The number of aryl methyl sites for hydroxylation is 2. The third kappa shape index (κ3) is 4.34. The highest BCUT2D eigenvalue weighted by molar-refractivity contribution is 5.98. The van der Waals surface area contributed by atoms with Gasteiger partial charge in [0.05, 0.1) is 5.56 Å². The molecule has 0 spiro atoms. The maximum Gasteiger partial charge on any atom is 0.326 e. The van der Waals surface area contributed by atoms with Gasteiger partial charge in [-0.25, -0.2) is 4.79 Å². The largest absolute Gasteiger partial charge is 0.481 e. The van der Waals surface area contributed by atoms with Crippen LogP contribution in [0.2, 0.25) is 0 Å². The molecule has 1 rings (SSSR count). The van der Waals surface area contributed by atoms with Crippen molar-refractivity contribution < 1.29 is 29.0 Å². The predicted octanol–water partition coefficient (Wildman–Crippen LogP) is 1.64. The molecule has 21 heavy (non-hydrogen) atoms. The Kier molecular flexibility index (Phi) is 5.52. The maximum absolute atomic E-state index is 12.2. The van der Waals surface area contributed by atoms with Crippen molar-refractivity contribution in [3.05, 3.63) is 22.6 Å². The first kappa shape index (κ1) is 16.7. The summed E-state index contributed by atoms with van der Waals surface area (Å²) in [6.07, 6.45) is 0.0970. The molecule has 1 aromatic heterocycles. The minimum absolute atomic E-state index is 0.0578. The number of carboxylic acids is 2. The molecular formula is C14H19NO6. The number of rotatable bonds is 7. The van der Waals surface area contributed by atoms with Crippen molar-refractivity contribution in [2.45, 2.75) is 46.1 Å². The highest BCUT2D eigenvalue weighted by Gasteiger charge is 2.24. The van der Waals surface area contributed by atoms with E-state index in [9.17, 15) is 14.4 Å². The van der Waals surface area contributed by atoms with Crippen molar-refractivity contribution in [1.29, 1.82) is 0 Å². The molecule has 0 saturated heterocycles. The molecule has 0 saturated carbocycles. The van der Waals surface area contributed by atoms with E-state index in [1.165, 1.54) is 0 Å². The molecular weight excluding hydrogens is 278 g/mol. The van der Waals surface area contributed by atoms with E-state index in [2.05, 4.69) is 5.32 Å². The third-order valence-corrected chi connectivity index (χ3v) is 3.28. The highest BCUT2D eigenvalue weighted by atomic mass is 16.4. The molecule has 0 aliphatic heterocycles. The molecule has 1 amide bonds. The Morgan fingerprint density at radius 3 is 2.19 bits per heavy atom. The fourth-order valence-corrected chi connectivity index (χ4v) is 2.07. The lowest BCUT2D eigenvalue weighted by atomic mass is 10.1. The zero-order chi connectivity index (χ0) is 16.2. The van der Waals surface area contributed by atoms with Gasteiger partial charge in [0.2, 0.25) is 0 Å². The van der Waals surface area contributed by atoms with E-state index in [4.69, 9.17) is 14.6 Å². The quantitative estimate of drug-likeness (QED) is 0.704. The molecule has 7 nitrogen and oxygen atoms in total. The van der Waals surface area contributed by atoms with Crippen LogP contribution in [0.1, 0.15) is 46.7 Å². The van der Waals surface area contributed by atoms with Gasteiger partial charge in [0.15, 0.2) is 0 Å². The molecule has 0 aromatic carbocycles. The number of furan rings is 1. The molecule has 0 aliphatic carbocycles. The molecule has 0 aliphatic rings. The summed E-state index contributed by atoms with van der Waals surface area (Å²) in [5.41, 5.74) is 0.997. The van der Waals surface area contributed by atoms with Gasteiger partial charge >= 0.3 is 11.9 Å². The van der Waals surface area contributed by atoms with Gasteiger partial charge in [0, 0.05) is 12.0 Å². The lowest BCUT2D eigenvalue weighted by molar-refractivity contribution is -0.140. The lowest BCUT2D eigenvalue weighted by Gasteiger charge is -2.14. The van der Waals surface area contributed by atoms with E-state index < -0.39 is 23.9 Å². The van der Waals surface area contributed by atoms with Crippen LogP contribution >= 0.6 is 0 Å². The second kappa shape index (κ2) is 6.92. The van der Waals surface area contributed by atoms with E-state index in [0.717, 1.165) is 0 Å². The van der Waals surface area contributed by atoms with Crippen molar-refractivity contribution in [2.24, 2.45) is 0 Å². The van der Waals surface area contributed by atoms with Gasteiger partial charge in [-0.15, -0.1) is 0 Å². The molecule has 116 valence electrons. The van der Waals surface area contributed by atoms with Crippen LogP contribution in [0.4, 0.5) is 0 Å². The van der Waals surface area contributed by atoms with Crippen molar-refractivity contribution >= 4 is 17.8 Å². The lowest BCUT2D eigenvalue weighted by Crippen LogP contribution is -2.41. The van der Waals surface area contributed by atoms with Gasteiger partial charge in [-0.1, -0.05) is 0 Å². The number of nitrogens with one attached hydrogen (secondary N) is 1. The SMILES string of the molecule is Cc1oc(C)c(C(=O)N[C@H](CCCC(=O)O)C(=O)O)c1C. The minimum atomic E-state index is -1.19. The summed E-state index contributed by atoms with van der Waals surface area (Å²) in [4.78, 5) is 33.7. The highest BCUT2D eigenvalue weighted by Crippen LogP contribution is 2.20. The van der Waals surface area contributed by atoms with Gasteiger partial charge in [-0.05, 0) is 33.6 Å². The Morgan fingerprint density at radius 1 is 1.14 bits per heavy atom. The molecule has 0 radical (unpaired) electrons. The fourth-order valence-electron chi connectivity index (χ4n) is 2.07. The van der Waals surface area contributed by atoms with Crippen molar-refractivity contribution in [3.63, 3.8) is 0 Å². The first-order chi connectivity index (χ1) is 9.73. The van der Waals surface area contributed by atoms with Crippen molar-refractivity contribution in [3.8, 4) is 0 Å². The maximum atomic E-state index is 12.2. The summed E-state index contributed by atoms with van der Waals surface area (Å²) < 4.78 is 5.34. The first-order valence-corrected chi connectivity index (χ1v) is 6.56. The number of carbonyl (C=O) groups excluding carboxylic acids is 1. The summed E-state index contributed by atoms with van der Waals surface area (Å²) in [5, 5.41) is 20.1. The summed E-state index contributed by atoms with van der Waals surface area (Å²) in [6.45, 7) is 5.08. The summed E-state index contributed by atoms with van der Waals surface area (Å²) >= 11 is 0. The molecule has 0 fully saturated rings. The van der Waals surface area contributed by atoms with Crippen LogP contribution in [0.5, 0.6) is 0 Å². The average Bonchev–Trinajstić information content (AvgIpc) is 2.61. The van der Waals surface area contributed by atoms with Gasteiger partial charge in [-0.2, -0.15) is 0 Å². The monoisotopic (exact) mass is 297 g/mol. The van der Waals surface area contributed by atoms with E-state index in [1.54, 1.807) is 20.8 Å². The first-order valence-electron chi connectivity index (χ1n) is 6.56. The Labute approximate surface area is 121 Å². The Morgan fingerprint density at radius 2 is 1.76 bits per heavy atom. The topological polar surface area (TPSA) is 117 Å². The summed E-state index contributed by atoms with van der Waals surface area (Å²) in [6, 6.07) is -1.12. The molecule has 1 atom stereocenters. The van der Waals surface area contributed by atoms with Gasteiger partial charge < -0.3 is 19.9 Å². The van der Waals surface area contributed by atoms with E-state index in [0.29, 0.717) is 22.6 Å². The van der Waals surface area contributed by atoms with Gasteiger partial charge in [-0.3, -0.25) is 9.59 Å². The van der Waals surface area contributed by atoms with Gasteiger partial charge in [0.1, 0.15) is 17.6 Å². The number of aliphatic carboxylic acids is 2. The second-order valence-electron chi connectivity index (χ2n) is 4.86. The van der Waals surface area contributed by atoms with Crippen LogP contribution < -0.4 is 5.32 Å². The van der Waals surface area contributed by atoms with Gasteiger partial charge in [0.25, 0.3) is 5.91 Å². The summed E-state index contributed by atoms with van der Waals surface area (Å²) in [7, 11) is 0. The minimum Gasteiger partial charge on any atom is -0.481 e. The number of hydrogen-bond acceptors (Lipinski definition) is 4. The van der Waals surface area contributed by atoms with Crippen LogP contribution in [0, 0.1) is 20.8 Å². The number of carbonyl (C=O) groups is 3. The van der Waals surface area contributed by atoms with Crippen LogP contribution in [0.15, 0.2) is 4.42 Å². The zero-order valence-electron chi connectivity index (χ0n) is 12.2. The molecule has 0 bridgehead atoms. The summed E-state index contributed by atoms with van der Waals surface area (Å²) in [5.74, 6) is -1.68. The molecule has 3 N–H and O–H groups in total. The zero-order valence-corrected chi connectivity index (χ0v) is 12.2. The smallest absolute Gasteiger partial charge is 0.326 e. The standard InChI is InChI=1S/C14H19NO6/c1-7-8(2)21-9(3)12(7)13(18)15-10(14(19)20)5-4-6-11(16)17/h10H,4-6H2,1-3H3,(H,15,18)(H,16,17)(H,19,20)/t10-/m1/s1. The predicted molar refractivity (Wildman–Crippen MR) is 73.3 cm³/mol. The molecule has 7 heteroatoms. The normalized spacial score (nSPS) is 12.0. The number of carboxylic acid groups (broad SMARTS) is 2. The Balaban J connectivity index is 2.77. The third-order valence-electron chi connectivity index (χ3n) is 3.28. The van der Waals surface area contributed by atoms with Crippen molar-refractivity contribution in [1.82, 2.24) is 5.32 Å². The Bertz CT molecular complexity index is 560. The van der Waals surface area contributed by atoms with Crippen molar-refractivity contribution in [2.75, 3.05) is 0 Å². The average molecular weight is 297 g/mol. The Hall–Kier alpha value is -2.31. The van der Waals surface area contributed by atoms with Crippen LogP contribution in [0.3, 0.4) is 0 Å². The van der Waals surface area contributed by atoms with E-state index in [1.807, 2.05) is 0 Å². The number of hydrogen-bond donors (Lipinski definition) is 3. The van der Waals surface area contributed by atoms with Crippen LogP contribution in [-0.2, 0) is 9.59 Å². The van der Waals surface area contributed by atoms with E-state index in [-0.39, 0.29) is 19.3 Å². The van der Waals surface area contributed by atoms with Crippen LogP contribution in [-0.4, -0.2) is 34.1 Å². The number of amides is 1. The van der Waals surface area contributed by atoms with Crippen LogP contribution in [0.25, 0.3) is 0 Å². The molecule has 1 aromatic rings. The molecule has 0 unspecified atom stereocenters. The fraction of sp³-hybridized carbons (Fsp3) is 0.500.